The molecule has 1 aromatic carbocycles. The molecule has 1 amide bonds. The van der Waals surface area contributed by atoms with Gasteiger partial charge in [0.1, 0.15) is 0 Å². The van der Waals surface area contributed by atoms with Crippen LogP contribution in [0.5, 0.6) is 0 Å². The summed E-state index contributed by atoms with van der Waals surface area (Å²) in [5, 5.41) is 2.62. The zero-order valence-electron chi connectivity index (χ0n) is 7.90. The van der Waals surface area contributed by atoms with Crippen LogP contribution in [-0.2, 0) is 15.9 Å². The van der Waals surface area contributed by atoms with Crippen LogP contribution in [-0.4, -0.2) is 14.7 Å². The van der Waals surface area contributed by atoms with Crippen molar-refractivity contribution >= 4 is 22.7 Å². The minimum absolute atomic E-state index is 0.161. The van der Waals surface area contributed by atoms with Crippen LogP contribution in [0.3, 0.4) is 0 Å². The molecule has 1 atom stereocenters. The molecule has 0 aliphatic heterocycles. The van der Waals surface area contributed by atoms with Gasteiger partial charge >= 0.3 is 0 Å². The second-order valence-electron chi connectivity index (χ2n) is 2.91. The lowest BCUT2D eigenvalue weighted by Gasteiger charge is -2.06. The molecule has 0 fully saturated rings. The van der Waals surface area contributed by atoms with E-state index >= 15 is 0 Å². The summed E-state index contributed by atoms with van der Waals surface area (Å²) in [6.45, 7) is 3.18. The molecule has 0 radical (unpaired) electrons. The second-order valence-corrected chi connectivity index (χ2v) is 3.88. The third kappa shape index (κ3) is 2.65. The fraction of sp³-hybridized carbons (Fsp3) is 0.222. The third-order valence-corrected chi connectivity index (χ3v) is 2.37. The van der Waals surface area contributed by atoms with Crippen LogP contribution >= 0.6 is 0 Å². The Morgan fingerprint density at radius 1 is 1.50 bits per heavy atom. The summed E-state index contributed by atoms with van der Waals surface area (Å²) >= 11 is -1.97. The van der Waals surface area contributed by atoms with Crippen molar-refractivity contribution in [3.05, 3.63) is 23.8 Å². The average molecular weight is 213 g/mol. The van der Waals surface area contributed by atoms with Gasteiger partial charge in [0.2, 0.25) is 5.91 Å². The number of benzene rings is 1. The molecule has 14 heavy (non-hydrogen) atoms. The molecule has 76 valence electrons. The molecular formula is C9H11NO3S. The van der Waals surface area contributed by atoms with E-state index in [-0.39, 0.29) is 5.91 Å². The number of anilines is 1. The van der Waals surface area contributed by atoms with Gasteiger partial charge in [-0.3, -0.25) is 4.79 Å². The van der Waals surface area contributed by atoms with Gasteiger partial charge in [-0.2, -0.15) is 0 Å². The first-order valence-corrected chi connectivity index (χ1v) is 5.10. The fourth-order valence-corrected chi connectivity index (χ4v) is 1.54. The Hall–Kier alpha value is -1.20. The van der Waals surface area contributed by atoms with E-state index in [9.17, 15) is 9.00 Å². The molecule has 0 aromatic heterocycles. The smallest absolute Gasteiger partial charge is 0.221 e. The molecule has 4 nitrogen and oxygen atoms in total. The lowest BCUT2D eigenvalue weighted by Crippen LogP contribution is -2.07. The Bertz CT molecular complexity index is 390. The molecular weight excluding hydrogens is 202 g/mol. The van der Waals surface area contributed by atoms with Gasteiger partial charge in [-0.1, -0.05) is 0 Å². The van der Waals surface area contributed by atoms with Crippen LogP contribution in [0.2, 0.25) is 0 Å². The monoisotopic (exact) mass is 213 g/mol. The molecule has 0 spiro atoms. The van der Waals surface area contributed by atoms with Crippen LogP contribution in [0.4, 0.5) is 5.69 Å². The Kier molecular flexibility index (Phi) is 3.38. The highest BCUT2D eigenvalue weighted by Gasteiger charge is 2.04. The summed E-state index contributed by atoms with van der Waals surface area (Å²) in [4.78, 5) is 11.1. The van der Waals surface area contributed by atoms with Gasteiger partial charge < -0.3 is 9.87 Å². The first-order valence-electron chi connectivity index (χ1n) is 4.00. The number of nitrogens with one attached hydrogen (secondary N) is 1. The van der Waals surface area contributed by atoms with Crippen LogP contribution < -0.4 is 5.32 Å². The SMILES string of the molecule is CC(=O)Nc1ccc(S(=O)O)cc1C. The van der Waals surface area contributed by atoms with Crippen molar-refractivity contribution < 1.29 is 13.6 Å². The van der Waals surface area contributed by atoms with Gasteiger partial charge in [0, 0.05) is 12.6 Å². The summed E-state index contributed by atoms with van der Waals surface area (Å²) in [7, 11) is 0. The molecule has 0 aliphatic rings. The Morgan fingerprint density at radius 3 is 2.57 bits per heavy atom. The van der Waals surface area contributed by atoms with Crippen molar-refractivity contribution in [2.24, 2.45) is 0 Å². The zero-order chi connectivity index (χ0) is 10.7. The number of amides is 1. The van der Waals surface area contributed by atoms with Crippen molar-refractivity contribution in [2.75, 3.05) is 5.32 Å². The minimum atomic E-state index is -1.97. The summed E-state index contributed by atoms with van der Waals surface area (Å²) < 4.78 is 19.5. The molecule has 0 aliphatic carbocycles. The molecule has 0 bridgehead atoms. The molecule has 0 heterocycles. The lowest BCUT2D eigenvalue weighted by atomic mass is 10.2. The molecule has 2 N–H and O–H groups in total. The first kappa shape index (κ1) is 10.9. The summed E-state index contributed by atoms with van der Waals surface area (Å²) in [5.74, 6) is -0.161. The van der Waals surface area contributed by atoms with E-state index in [1.54, 1.807) is 19.1 Å². The number of hydrogen-bond donors (Lipinski definition) is 2. The quantitative estimate of drug-likeness (QED) is 0.732. The van der Waals surface area contributed by atoms with Gasteiger partial charge in [0.25, 0.3) is 0 Å². The highest BCUT2D eigenvalue weighted by Crippen LogP contribution is 2.17. The molecule has 0 saturated carbocycles. The normalized spacial score (nSPS) is 12.2. The lowest BCUT2D eigenvalue weighted by molar-refractivity contribution is -0.114. The van der Waals surface area contributed by atoms with E-state index < -0.39 is 11.1 Å². The standard InChI is InChI=1S/C9H11NO3S/c1-6-5-8(14(12)13)3-4-9(6)10-7(2)11/h3-5H,1-2H3,(H,10,11)(H,12,13). The Morgan fingerprint density at radius 2 is 2.14 bits per heavy atom. The predicted octanol–water partition coefficient (Wildman–Crippen LogP) is 1.53. The summed E-state index contributed by atoms with van der Waals surface area (Å²) in [5.41, 5.74) is 1.42. The van der Waals surface area contributed by atoms with Gasteiger partial charge in [-0.25, -0.2) is 4.21 Å². The van der Waals surface area contributed by atoms with Gasteiger partial charge in [-0.05, 0) is 30.7 Å². The highest BCUT2D eigenvalue weighted by molar-refractivity contribution is 7.79. The first-order chi connectivity index (χ1) is 6.50. The number of carbonyl (C=O) groups is 1. The van der Waals surface area contributed by atoms with E-state index in [0.717, 1.165) is 5.56 Å². The van der Waals surface area contributed by atoms with Crippen LogP contribution in [0.1, 0.15) is 12.5 Å². The largest absolute Gasteiger partial charge is 0.326 e. The molecule has 1 unspecified atom stereocenters. The van der Waals surface area contributed by atoms with Crippen molar-refractivity contribution in [1.29, 1.82) is 0 Å². The molecule has 1 rings (SSSR count). The van der Waals surface area contributed by atoms with Gasteiger partial charge in [-0.15, -0.1) is 0 Å². The van der Waals surface area contributed by atoms with Crippen molar-refractivity contribution in [3.63, 3.8) is 0 Å². The van der Waals surface area contributed by atoms with E-state index in [0.29, 0.717) is 10.6 Å². The average Bonchev–Trinajstić information content (AvgIpc) is 2.07. The van der Waals surface area contributed by atoms with Gasteiger partial charge in [0.05, 0.1) is 4.90 Å². The van der Waals surface area contributed by atoms with Gasteiger partial charge in [0.15, 0.2) is 11.1 Å². The number of rotatable bonds is 2. The van der Waals surface area contributed by atoms with Crippen molar-refractivity contribution in [1.82, 2.24) is 0 Å². The Labute approximate surface area is 84.6 Å². The minimum Gasteiger partial charge on any atom is -0.326 e. The number of hydrogen-bond acceptors (Lipinski definition) is 2. The summed E-state index contributed by atoms with van der Waals surface area (Å²) in [6.07, 6.45) is 0. The van der Waals surface area contributed by atoms with Crippen molar-refractivity contribution in [2.45, 2.75) is 18.7 Å². The number of carbonyl (C=O) groups excluding carboxylic acids is 1. The molecule has 0 saturated heterocycles. The molecule has 1 aromatic rings. The topological polar surface area (TPSA) is 66.4 Å². The van der Waals surface area contributed by atoms with Crippen molar-refractivity contribution in [3.8, 4) is 0 Å². The maximum absolute atomic E-state index is 10.8. The maximum atomic E-state index is 10.8. The van der Waals surface area contributed by atoms with E-state index in [2.05, 4.69) is 5.32 Å². The van der Waals surface area contributed by atoms with Crippen LogP contribution in [0.25, 0.3) is 0 Å². The molecule has 5 heteroatoms. The summed E-state index contributed by atoms with van der Waals surface area (Å²) in [6, 6.07) is 4.69. The van der Waals surface area contributed by atoms with E-state index in [1.165, 1.54) is 13.0 Å². The fourth-order valence-electron chi connectivity index (χ4n) is 1.07. The Balaban J connectivity index is 3.01. The second kappa shape index (κ2) is 4.34. The highest BCUT2D eigenvalue weighted by atomic mass is 32.2. The zero-order valence-corrected chi connectivity index (χ0v) is 8.72. The van der Waals surface area contributed by atoms with E-state index in [1.807, 2.05) is 0 Å². The number of aryl methyl sites for hydroxylation is 1. The van der Waals surface area contributed by atoms with Crippen LogP contribution in [0, 0.1) is 6.92 Å². The third-order valence-electron chi connectivity index (χ3n) is 1.71. The maximum Gasteiger partial charge on any atom is 0.221 e. The predicted molar refractivity (Wildman–Crippen MR) is 54.5 cm³/mol. The van der Waals surface area contributed by atoms with Crippen LogP contribution in [0.15, 0.2) is 23.1 Å². The van der Waals surface area contributed by atoms with E-state index in [4.69, 9.17) is 4.55 Å².